The first-order valence-electron chi connectivity index (χ1n) is 7.87. The predicted molar refractivity (Wildman–Crippen MR) is 82.3 cm³/mol. The van der Waals surface area contributed by atoms with Gasteiger partial charge in [0.05, 0.1) is 24.6 Å². The van der Waals surface area contributed by atoms with Crippen LogP contribution in [0.15, 0.2) is 0 Å². The fourth-order valence-electron chi connectivity index (χ4n) is 2.96. The molecule has 6 heteroatoms. The van der Waals surface area contributed by atoms with Gasteiger partial charge in [-0.25, -0.2) is 0 Å². The lowest BCUT2D eigenvalue weighted by molar-refractivity contribution is -0.151. The second-order valence-electron chi connectivity index (χ2n) is 5.86. The molecular weight excluding hydrogens is 282 g/mol. The van der Waals surface area contributed by atoms with E-state index in [1.165, 1.54) is 0 Å². The minimum absolute atomic E-state index is 0.0640. The van der Waals surface area contributed by atoms with E-state index < -0.39 is 0 Å². The molecule has 1 aliphatic heterocycles. The number of esters is 1. The van der Waals surface area contributed by atoms with Gasteiger partial charge in [-0.05, 0) is 33.6 Å². The van der Waals surface area contributed by atoms with Gasteiger partial charge in [-0.1, -0.05) is 0 Å². The smallest absolute Gasteiger partial charge is 0.309 e. The van der Waals surface area contributed by atoms with Crippen LogP contribution >= 0.6 is 0 Å². The van der Waals surface area contributed by atoms with Crippen LogP contribution in [0, 0.1) is 19.8 Å². The monoisotopic (exact) mass is 307 g/mol. The summed E-state index contributed by atoms with van der Waals surface area (Å²) in [5.41, 5.74) is 2.96. The van der Waals surface area contributed by atoms with Crippen molar-refractivity contribution in [3.63, 3.8) is 0 Å². The fraction of sp³-hybridized carbons (Fsp3) is 0.688. The molecule has 122 valence electrons. The number of aryl methyl sites for hydroxylation is 2. The minimum atomic E-state index is -0.131. The number of rotatable bonds is 4. The average molecular weight is 307 g/mol. The summed E-state index contributed by atoms with van der Waals surface area (Å²) in [5.74, 6) is -0.0825. The number of carbonyl (C=O) groups is 2. The molecule has 0 bridgehead atoms. The second-order valence-corrected chi connectivity index (χ2v) is 5.86. The Morgan fingerprint density at radius 1 is 1.27 bits per heavy atom. The summed E-state index contributed by atoms with van der Waals surface area (Å²) < 4.78 is 6.86. The van der Waals surface area contributed by atoms with Crippen molar-refractivity contribution in [1.82, 2.24) is 14.7 Å². The summed E-state index contributed by atoms with van der Waals surface area (Å²) >= 11 is 0. The van der Waals surface area contributed by atoms with Gasteiger partial charge in [-0.2, -0.15) is 5.10 Å². The largest absolute Gasteiger partial charge is 0.466 e. The lowest BCUT2D eigenvalue weighted by atomic mass is 9.96. The van der Waals surface area contributed by atoms with Gasteiger partial charge in [0.2, 0.25) is 5.91 Å². The van der Waals surface area contributed by atoms with E-state index in [0.29, 0.717) is 39.0 Å². The van der Waals surface area contributed by atoms with E-state index in [1.54, 1.807) is 0 Å². The molecule has 0 aromatic carbocycles. The zero-order valence-corrected chi connectivity index (χ0v) is 13.9. The van der Waals surface area contributed by atoms with Gasteiger partial charge in [-0.3, -0.25) is 14.3 Å². The van der Waals surface area contributed by atoms with Crippen LogP contribution in [-0.2, 0) is 27.8 Å². The molecular formula is C16H25N3O3. The maximum atomic E-state index is 12.5. The normalized spacial score (nSPS) is 15.9. The Kier molecular flexibility index (Phi) is 5.21. The van der Waals surface area contributed by atoms with E-state index in [4.69, 9.17) is 4.74 Å². The van der Waals surface area contributed by atoms with Crippen LogP contribution in [0.4, 0.5) is 0 Å². The number of amides is 1. The maximum absolute atomic E-state index is 12.5. The van der Waals surface area contributed by atoms with Gasteiger partial charge in [0.15, 0.2) is 0 Å². The Bertz CT molecular complexity index is 557. The number of carbonyl (C=O) groups excluding carboxylic acids is 2. The van der Waals surface area contributed by atoms with Gasteiger partial charge < -0.3 is 9.64 Å². The highest BCUT2D eigenvalue weighted by atomic mass is 16.5. The quantitative estimate of drug-likeness (QED) is 0.788. The van der Waals surface area contributed by atoms with E-state index in [1.807, 2.05) is 37.4 Å². The number of ether oxygens (including phenoxy) is 1. The molecule has 0 spiro atoms. The van der Waals surface area contributed by atoms with Crippen molar-refractivity contribution in [2.24, 2.45) is 13.0 Å². The van der Waals surface area contributed by atoms with E-state index in [2.05, 4.69) is 5.10 Å². The first-order chi connectivity index (χ1) is 10.4. The number of aromatic nitrogens is 2. The Balaban J connectivity index is 1.91. The van der Waals surface area contributed by atoms with Crippen molar-refractivity contribution in [3.05, 3.63) is 17.0 Å². The molecule has 0 unspecified atom stereocenters. The standard InChI is InChI=1S/C16H25N3O3/c1-5-22-16(21)13-6-8-19(9-7-13)15(20)10-14-11(2)17-18(4)12(14)3/h13H,5-10H2,1-4H3. The first-order valence-corrected chi connectivity index (χ1v) is 7.87. The molecule has 0 saturated carbocycles. The first kappa shape index (κ1) is 16.5. The fourth-order valence-corrected chi connectivity index (χ4v) is 2.96. The minimum Gasteiger partial charge on any atom is -0.466 e. The molecule has 0 N–H and O–H groups in total. The maximum Gasteiger partial charge on any atom is 0.309 e. The third-order valence-electron chi connectivity index (χ3n) is 4.45. The van der Waals surface area contributed by atoms with Crippen LogP contribution in [0.5, 0.6) is 0 Å². The molecule has 1 aliphatic rings. The predicted octanol–water partition coefficient (Wildman–Crippen LogP) is 1.38. The van der Waals surface area contributed by atoms with E-state index in [9.17, 15) is 9.59 Å². The third-order valence-corrected chi connectivity index (χ3v) is 4.45. The molecule has 22 heavy (non-hydrogen) atoms. The molecule has 2 heterocycles. The third kappa shape index (κ3) is 3.48. The van der Waals surface area contributed by atoms with Crippen LogP contribution in [0.1, 0.15) is 36.7 Å². The van der Waals surface area contributed by atoms with Crippen molar-refractivity contribution >= 4 is 11.9 Å². The molecule has 1 aromatic heterocycles. The zero-order chi connectivity index (χ0) is 16.3. The van der Waals surface area contributed by atoms with Crippen molar-refractivity contribution < 1.29 is 14.3 Å². The lowest BCUT2D eigenvalue weighted by Gasteiger charge is -2.31. The SMILES string of the molecule is CCOC(=O)C1CCN(C(=O)Cc2c(C)nn(C)c2C)CC1. The van der Waals surface area contributed by atoms with Crippen LogP contribution in [0.25, 0.3) is 0 Å². The summed E-state index contributed by atoms with van der Waals surface area (Å²) in [7, 11) is 1.89. The molecule has 6 nitrogen and oxygen atoms in total. The highest BCUT2D eigenvalue weighted by molar-refractivity contribution is 5.80. The van der Waals surface area contributed by atoms with Crippen molar-refractivity contribution in [1.29, 1.82) is 0 Å². The molecule has 1 amide bonds. The van der Waals surface area contributed by atoms with E-state index in [0.717, 1.165) is 17.0 Å². The summed E-state index contributed by atoms with van der Waals surface area (Å²) in [6, 6.07) is 0. The van der Waals surface area contributed by atoms with E-state index in [-0.39, 0.29) is 17.8 Å². The van der Waals surface area contributed by atoms with Crippen LogP contribution in [0.3, 0.4) is 0 Å². The average Bonchev–Trinajstić information content (AvgIpc) is 2.74. The number of nitrogens with zero attached hydrogens (tertiary/aromatic N) is 3. The highest BCUT2D eigenvalue weighted by Crippen LogP contribution is 2.20. The summed E-state index contributed by atoms with van der Waals surface area (Å²) in [6.07, 6.45) is 1.76. The van der Waals surface area contributed by atoms with E-state index >= 15 is 0 Å². The topological polar surface area (TPSA) is 64.4 Å². The molecule has 1 fully saturated rings. The lowest BCUT2D eigenvalue weighted by Crippen LogP contribution is -2.41. The van der Waals surface area contributed by atoms with Crippen molar-refractivity contribution in [3.8, 4) is 0 Å². The van der Waals surface area contributed by atoms with Crippen LogP contribution < -0.4 is 0 Å². The van der Waals surface area contributed by atoms with Crippen LogP contribution in [0.2, 0.25) is 0 Å². The van der Waals surface area contributed by atoms with Gasteiger partial charge >= 0.3 is 5.97 Å². The summed E-state index contributed by atoms with van der Waals surface area (Å²) in [5, 5.41) is 4.35. The molecule has 0 radical (unpaired) electrons. The van der Waals surface area contributed by atoms with Crippen molar-refractivity contribution in [2.75, 3.05) is 19.7 Å². The van der Waals surface area contributed by atoms with Gasteiger partial charge in [0.1, 0.15) is 0 Å². The van der Waals surface area contributed by atoms with Crippen molar-refractivity contribution in [2.45, 2.75) is 40.0 Å². The number of likely N-dealkylation sites (tertiary alicyclic amines) is 1. The number of hydrogen-bond acceptors (Lipinski definition) is 4. The zero-order valence-electron chi connectivity index (χ0n) is 13.9. The number of hydrogen-bond donors (Lipinski definition) is 0. The van der Waals surface area contributed by atoms with Crippen LogP contribution in [-0.4, -0.2) is 46.3 Å². The highest BCUT2D eigenvalue weighted by Gasteiger charge is 2.28. The summed E-state index contributed by atoms with van der Waals surface area (Å²) in [6.45, 7) is 7.40. The number of piperidine rings is 1. The second kappa shape index (κ2) is 6.94. The Labute approximate surface area is 131 Å². The molecule has 0 aliphatic carbocycles. The Morgan fingerprint density at radius 3 is 2.41 bits per heavy atom. The molecule has 2 rings (SSSR count). The molecule has 0 atom stereocenters. The van der Waals surface area contributed by atoms with Gasteiger partial charge in [0, 0.05) is 31.4 Å². The Morgan fingerprint density at radius 2 is 1.91 bits per heavy atom. The molecule has 1 aromatic rings. The summed E-state index contributed by atoms with van der Waals surface area (Å²) in [4.78, 5) is 26.0. The van der Waals surface area contributed by atoms with Gasteiger partial charge in [-0.15, -0.1) is 0 Å². The molecule has 1 saturated heterocycles. The van der Waals surface area contributed by atoms with Gasteiger partial charge in [0.25, 0.3) is 0 Å². The Hall–Kier alpha value is -1.85.